The van der Waals surface area contributed by atoms with E-state index < -0.39 is 0 Å². The minimum absolute atomic E-state index is 0.0428. The lowest BCUT2D eigenvalue weighted by Crippen LogP contribution is -2.07. The molecule has 13 heavy (non-hydrogen) atoms. The number of halogens is 1. The summed E-state index contributed by atoms with van der Waals surface area (Å²) in [4.78, 5) is 12.0. The zero-order valence-electron chi connectivity index (χ0n) is 6.96. The Morgan fingerprint density at radius 1 is 1.69 bits per heavy atom. The summed E-state index contributed by atoms with van der Waals surface area (Å²) in [6.07, 6.45) is 1.61. The van der Waals surface area contributed by atoms with Crippen molar-refractivity contribution < 1.29 is 9.53 Å². The largest absolute Gasteiger partial charge is 0.369 e. The third kappa shape index (κ3) is 3.30. The molecule has 0 saturated heterocycles. The van der Waals surface area contributed by atoms with E-state index in [1.807, 2.05) is 0 Å². The number of rotatable bonds is 5. The summed E-state index contributed by atoms with van der Waals surface area (Å²) >= 11 is 6.94. The summed E-state index contributed by atoms with van der Waals surface area (Å²) in [5.41, 5.74) is 0. The van der Waals surface area contributed by atoms with Gasteiger partial charge in [-0.05, 0) is 12.1 Å². The van der Waals surface area contributed by atoms with Gasteiger partial charge in [0.15, 0.2) is 5.78 Å². The first-order chi connectivity index (χ1) is 6.24. The Balaban J connectivity index is 2.44. The Kier molecular flexibility index (Phi) is 4.15. The van der Waals surface area contributed by atoms with Gasteiger partial charge in [-0.25, -0.2) is 0 Å². The highest BCUT2D eigenvalue weighted by Crippen LogP contribution is 2.21. The van der Waals surface area contributed by atoms with Gasteiger partial charge in [0.1, 0.15) is 6.61 Å². The number of hydrogen-bond donors (Lipinski definition) is 0. The van der Waals surface area contributed by atoms with E-state index in [0.29, 0.717) is 15.8 Å². The summed E-state index contributed by atoms with van der Waals surface area (Å²) in [6, 6.07) is 3.40. The number of carbonyl (C=O) groups excluding carboxylic acids is 1. The molecular formula is C9H9ClO2S. The maximum atomic E-state index is 11.3. The van der Waals surface area contributed by atoms with Crippen molar-refractivity contribution in [1.82, 2.24) is 0 Å². The van der Waals surface area contributed by atoms with Gasteiger partial charge < -0.3 is 4.74 Å². The van der Waals surface area contributed by atoms with Crippen molar-refractivity contribution in [2.24, 2.45) is 0 Å². The van der Waals surface area contributed by atoms with Crippen molar-refractivity contribution in [3.8, 4) is 0 Å². The minimum atomic E-state index is -0.0428. The van der Waals surface area contributed by atoms with Crippen molar-refractivity contribution in [3.63, 3.8) is 0 Å². The van der Waals surface area contributed by atoms with Gasteiger partial charge in [-0.1, -0.05) is 17.7 Å². The lowest BCUT2D eigenvalue weighted by molar-refractivity contribution is 0.0810. The fraction of sp³-hybridized carbons (Fsp3) is 0.222. The maximum Gasteiger partial charge on any atom is 0.198 e. The predicted molar refractivity (Wildman–Crippen MR) is 54.7 cm³/mol. The van der Waals surface area contributed by atoms with E-state index >= 15 is 0 Å². The molecule has 0 aliphatic carbocycles. The molecule has 0 aromatic carbocycles. The Bertz CT molecular complexity index is 306. The van der Waals surface area contributed by atoms with Gasteiger partial charge in [-0.15, -0.1) is 17.9 Å². The molecule has 70 valence electrons. The van der Waals surface area contributed by atoms with E-state index in [1.165, 1.54) is 11.3 Å². The highest BCUT2D eigenvalue weighted by Gasteiger charge is 2.07. The lowest BCUT2D eigenvalue weighted by Gasteiger charge is -1.97. The molecule has 0 aliphatic rings. The van der Waals surface area contributed by atoms with Crippen LogP contribution in [0.25, 0.3) is 0 Å². The second-order valence-electron chi connectivity index (χ2n) is 2.33. The van der Waals surface area contributed by atoms with Gasteiger partial charge in [0.05, 0.1) is 15.8 Å². The molecule has 1 aromatic heterocycles. The van der Waals surface area contributed by atoms with Gasteiger partial charge in [-0.3, -0.25) is 4.79 Å². The van der Waals surface area contributed by atoms with Crippen LogP contribution in [0.1, 0.15) is 9.67 Å². The molecule has 0 amide bonds. The molecule has 1 rings (SSSR count). The molecule has 0 bridgehead atoms. The average molecular weight is 217 g/mol. The van der Waals surface area contributed by atoms with E-state index in [0.717, 1.165) is 0 Å². The fourth-order valence-electron chi connectivity index (χ4n) is 0.770. The first-order valence-electron chi connectivity index (χ1n) is 3.71. The first-order valence-corrected chi connectivity index (χ1v) is 4.90. The van der Waals surface area contributed by atoms with E-state index in [-0.39, 0.29) is 12.4 Å². The SMILES string of the molecule is C=CCOCC(=O)c1ccc(Cl)s1. The van der Waals surface area contributed by atoms with Crippen LogP contribution in [-0.4, -0.2) is 19.0 Å². The van der Waals surface area contributed by atoms with Crippen molar-refractivity contribution in [2.75, 3.05) is 13.2 Å². The fourth-order valence-corrected chi connectivity index (χ4v) is 1.74. The molecule has 2 nitrogen and oxygen atoms in total. The molecule has 1 aromatic rings. The summed E-state index contributed by atoms with van der Waals surface area (Å²) in [7, 11) is 0. The van der Waals surface area contributed by atoms with Crippen LogP contribution in [0.3, 0.4) is 0 Å². The Morgan fingerprint density at radius 3 is 3.00 bits per heavy atom. The molecule has 0 radical (unpaired) electrons. The van der Waals surface area contributed by atoms with Crippen LogP contribution >= 0.6 is 22.9 Å². The molecule has 0 aliphatic heterocycles. The van der Waals surface area contributed by atoms with Crippen molar-refractivity contribution >= 4 is 28.7 Å². The Morgan fingerprint density at radius 2 is 2.46 bits per heavy atom. The van der Waals surface area contributed by atoms with Crippen molar-refractivity contribution in [3.05, 3.63) is 34.0 Å². The standard InChI is InChI=1S/C9H9ClO2S/c1-2-5-12-6-7(11)8-3-4-9(10)13-8/h2-4H,1,5-6H2. The summed E-state index contributed by atoms with van der Waals surface area (Å²) < 4.78 is 5.62. The maximum absolute atomic E-state index is 11.3. The second kappa shape index (κ2) is 5.17. The van der Waals surface area contributed by atoms with Crippen LogP contribution in [0.15, 0.2) is 24.8 Å². The third-order valence-electron chi connectivity index (χ3n) is 1.32. The van der Waals surface area contributed by atoms with Crippen LogP contribution in [-0.2, 0) is 4.74 Å². The molecule has 0 fully saturated rings. The zero-order chi connectivity index (χ0) is 9.68. The zero-order valence-corrected chi connectivity index (χ0v) is 8.53. The number of hydrogen-bond acceptors (Lipinski definition) is 3. The Hall–Kier alpha value is -0.640. The summed E-state index contributed by atoms with van der Waals surface area (Å²) in [5.74, 6) is -0.0428. The Labute approximate surface area is 85.8 Å². The monoisotopic (exact) mass is 216 g/mol. The van der Waals surface area contributed by atoms with E-state index in [9.17, 15) is 4.79 Å². The molecular weight excluding hydrogens is 208 g/mol. The second-order valence-corrected chi connectivity index (χ2v) is 4.05. The van der Waals surface area contributed by atoms with E-state index in [4.69, 9.17) is 16.3 Å². The van der Waals surface area contributed by atoms with Gasteiger partial charge >= 0.3 is 0 Å². The van der Waals surface area contributed by atoms with Crippen LogP contribution in [0.5, 0.6) is 0 Å². The van der Waals surface area contributed by atoms with Crippen LogP contribution in [0.2, 0.25) is 4.34 Å². The molecule has 0 saturated carbocycles. The third-order valence-corrected chi connectivity index (χ3v) is 2.59. The van der Waals surface area contributed by atoms with Gasteiger partial charge in [0.25, 0.3) is 0 Å². The van der Waals surface area contributed by atoms with Crippen molar-refractivity contribution in [2.45, 2.75) is 0 Å². The van der Waals surface area contributed by atoms with Crippen LogP contribution < -0.4 is 0 Å². The van der Waals surface area contributed by atoms with E-state index in [1.54, 1.807) is 18.2 Å². The molecule has 0 spiro atoms. The highest BCUT2D eigenvalue weighted by molar-refractivity contribution is 7.18. The van der Waals surface area contributed by atoms with Gasteiger partial charge in [0.2, 0.25) is 0 Å². The smallest absolute Gasteiger partial charge is 0.198 e. The minimum Gasteiger partial charge on any atom is -0.369 e. The van der Waals surface area contributed by atoms with Crippen LogP contribution in [0, 0.1) is 0 Å². The van der Waals surface area contributed by atoms with Crippen molar-refractivity contribution in [1.29, 1.82) is 0 Å². The number of ketones is 1. The number of ether oxygens (including phenoxy) is 1. The quantitative estimate of drug-likeness (QED) is 0.430. The molecule has 1 heterocycles. The number of Topliss-reactive ketones (excluding diaryl/α,β-unsaturated/α-hetero) is 1. The molecule has 0 atom stereocenters. The average Bonchev–Trinajstić information content (AvgIpc) is 2.52. The van der Waals surface area contributed by atoms with Gasteiger partial charge in [-0.2, -0.15) is 0 Å². The predicted octanol–water partition coefficient (Wildman–Crippen LogP) is 2.79. The van der Waals surface area contributed by atoms with Crippen LogP contribution in [0.4, 0.5) is 0 Å². The summed E-state index contributed by atoms with van der Waals surface area (Å²) in [6.45, 7) is 3.96. The van der Waals surface area contributed by atoms with E-state index in [2.05, 4.69) is 6.58 Å². The summed E-state index contributed by atoms with van der Waals surface area (Å²) in [5, 5.41) is 0. The topological polar surface area (TPSA) is 26.3 Å². The lowest BCUT2D eigenvalue weighted by atomic mass is 10.3. The number of carbonyl (C=O) groups is 1. The highest BCUT2D eigenvalue weighted by atomic mass is 35.5. The molecule has 4 heteroatoms. The van der Waals surface area contributed by atoms with Gasteiger partial charge in [0, 0.05) is 0 Å². The normalized spacial score (nSPS) is 9.92. The molecule has 0 unspecified atom stereocenters. The first kappa shape index (κ1) is 10.4. The molecule has 0 N–H and O–H groups in total. The number of thiophene rings is 1.